The fourth-order valence-electron chi connectivity index (χ4n) is 11.0. The molecule has 4 aliphatic rings. The lowest BCUT2D eigenvalue weighted by Crippen LogP contribution is -2.82. The van der Waals surface area contributed by atoms with Gasteiger partial charge >= 0.3 is 45.6 Å². The predicted molar refractivity (Wildman–Crippen MR) is 248 cm³/mol. The summed E-state index contributed by atoms with van der Waals surface area (Å²) < 4.78 is 122. The summed E-state index contributed by atoms with van der Waals surface area (Å²) in [5.74, 6) is -6.42. The maximum atomic E-state index is 15.1. The fraction of sp³-hybridized carbons (Fsp3) is 0.620. The monoisotopic (exact) mass is 1060 g/mol. The first-order chi connectivity index (χ1) is 33.8. The zero-order chi connectivity index (χ0) is 54.4. The summed E-state index contributed by atoms with van der Waals surface area (Å²) in [5.41, 5.74) is -16.3. The van der Waals surface area contributed by atoms with Crippen LogP contribution in [0.3, 0.4) is 0 Å². The number of carbonyl (C=O) groups is 5. The van der Waals surface area contributed by atoms with Crippen LogP contribution in [0.15, 0.2) is 71.8 Å². The molecule has 1 amide bonds. The number of nitrogens with one attached hydrogen (secondary N) is 1. The minimum absolute atomic E-state index is 0.00669. The zero-order valence-corrected chi connectivity index (χ0v) is 43.2. The van der Waals surface area contributed by atoms with Crippen LogP contribution in [0, 0.1) is 16.7 Å². The number of halogens is 3. The lowest BCUT2D eigenvalue weighted by Gasteiger charge is -2.69. The van der Waals surface area contributed by atoms with Gasteiger partial charge in [-0.1, -0.05) is 69.3 Å². The van der Waals surface area contributed by atoms with Gasteiger partial charge in [0.2, 0.25) is 0 Å². The van der Waals surface area contributed by atoms with Crippen LogP contribution < -0.4 is 5.32 Å². The average Bonchev–Trinajstić information content (AvgIpc) is 3.27. The number of alkyl halides is 3. The number of ether oxygens (including phenoxy) is 8. The lowest BCUT2D eigenvalue weighted by atomic mass is 9.44. The van der Waals surface area contributed by atoms with Gasteiger partial charge in [0.15, 0.2) is 24.1 Å². The van der Waals surface area contributed by atoms with E-state index in [-0.39, 0.29) is 23.3 Å². The van der Waals surface area contributed by atoms with Crippen LogP contribution >= 0.6 is 0 Å². The molecule has 2 aromatic rings. The van der Waals surface area contributed by atoms with Crippen molar-refractivity contribution in [1.82, 2.24) is 5.32 Å². The lowest BCUT2D eigenvalue weighted by molar-refractivity contribution is -0.363. The summed E-state index contributed by atoms with van der Waals surface area (Å²) in [6.07, 6.45) is -17.6. The van der Waals surface area contributed by atoms with E-state index in [9.17, 15) is 51.0 Å². The van der Waals surface area contributed by atoms with Crippen molar-refractivity contribution in [3.63, 3.8) is 0 Å². The number of fused-ring (bicyclic) bond motifs is 5. The Balaban J connectivity index is 1.64. The van der Waals surface area contributed by atoms with Crippen molar-refractivity contribution < 1.29 is 97.9 Å². The maximum absolute atomic E-state index is 15.1. The largest absolute Gasteiger partial charge is 0.523 e. The highest BCUT2D eigenvalue weighted by Crippen LogP contribution is 2.66. The SMILES string of the molecule is CCOC(C)O[C@@H](C(=O)O[C@H]1C[C@@]2(O)[C@@H](OC(=O)c3ccccc3)[C@@H]3[C@]4(OC(C)=O)CO[C@@H]4C[C@H](OS(=O)(=O)C(F)(F)F)[C@@]3(C)[C@@H](O)[C@H](OC(C)=O)C(=C1C)C2(C)C)[C@@H](NC(=O)OC(C)(C)C)c1ccccc1. The molecule has 1 unspecified atom stereocenters. The maximum Gasteiger partial charge on any atom is 0.523 e. The van der Waals surface area contributed by atoms with Gasteiger partial charge in [-0.15, -0.1) is 0 Å². The Morgan fingerprint density at radius 3 is 2.04 bits per heavy atom. The minimum Gasteiger partial charge on any atom is -0.456 e. The Labute approximate surface area is 421 Å². The summed E-state index contributed by atoms with van der Waals surface area (Å²) >= 11 is 0. The third-order valence-electron chi connectivity index (χ3n) is 14.3. The van der Waals surface area contributed by atoms with Crippen molar-refractivity contribution in [3.05, 3.63) is 82.9 Å². The van der Waals surface area contributed by atoms with Gasteiger partial charge < -0.3 is 53.4 Å². The molecule has 1 saturated heterocycles. The third kappa shape index (κ3) is 11.0. The number of esters is 4. The van der Waals surface area contributed by atoms with Gasteiger partial charge in [-0.05, 0) is 70.4 Å². The highest BCUT2D eigenvalue weighted by Gasteiger charge is 2.79. The van der Waals surface area contributed by atoms with Crippen LogP contribution in [0.4, 0.5) is 18.0 Å². The Morgan fingerprint density at radius 1 is 0.918 bits per heavy atom. The van der Waals surface area contributed by atoms with Gasteiger partial charge in [0.1, 0.15) is 35.6 Å². The smallest absolute Gasteiger partial charge is 0.456 e. The van der Waals surface area contributed by atoms with Crippen LogP contribution in [0.5, 0.6) is 0 Å². The van der Waals surface area contributed by atoms with Gasteiger partial charge in [-0.2, -0.15) is 21.6 Å². The Kier molecular flexibility index (Phi) is 16.3. The molecule has 0 radical (unpaired) electrons. The van der Waals surface area contributed by atoms with E-state index in [0.29, 0.717) is 5.56 Å². The second-order valence-electron chi connectivity index (χ2n) is 20.5. The second-order valence-corrected chi connectivity index (χ2v) is 22.0. The molecular weight excluding hydrogens is 992 g/mol. The number of hydrogen-bond acceptors (Lipinski definition) is 18. The predicted octanol–water partition coefficient (Wildman–Crippen LogP) is 5.90. The first-order valence-corrected chi connectivity index (χ1v) is 25.0. The normalized spacial score (nSPS) is 31.0. The van der Waals surface area contributed by atoms with Gasteiger partial charge in [0.05, 0.1) is 30.2 Å². The second kappa shape index (κ2) is 20.9. The van der Waals surface area contributed by atoms with Crippen molar-refractivity contribution in [3.8, 4) is 0 Å². The molecule has 0 spiro atoms. The van der Waals surface area contributed by atoms with Gasteiger partial charge in [-0.25, -0.2) is 14.4 Å². The van der Waals surface area contributed by atoms with Crippen molar-refractivity contribution in [1.29, 1.82) is 0 Å². The first-order valence-electron chi connectivity index (χ1n) is 23.6. The molecular formula is C50H64F3NO18S. The molecule has 2 saturated carbocycles. The number of benzene rings is 2. The summed E-state index contributed by atoms with van der Waals surface area (Å²) in [6.45, 7) is 14.9. The van der Waals surface area contributed by atoms with Crippen LogP contribution in [0.25, 0.3) is 0 Å². The summed E-state index contributed by atoms with van der Waals surface area (Å²) in [6, 6.07) is 14.0. The van der Waals surface area contributed by atoms with E-state index >= 15 is 4.79 Å². The molecule has 13 atom stereocenters. The van der Waals surface area contributed by atoms with Crippen molar-refractivity contribution in [2.24, 2.45) is 16.7 Å². The molecule has 3 N–H and O–H groups in total. The van der Waals surface area contributed by atoms with Crippen molar-refractivity contribution in [2.45, 2.75) is 166 Å². The highest BCUT2D eigenvalue weighted by molar-refractivity contribution is 7.87. The number of rotatable bonds is 15. The minimum atomic E-state index is -6.55. The van der Waals surface area contributed by atoms with E-state index in [1.807, 2.05) is 0 Å². The molecule has 73 heavy (non-hydrogen) atoms. The van der Waals surface area contributed by atoms with E-state index < -0.39 is 154 Å². The average molecular weight is 1060 g/mol. The third-order valence-corrected chi connectivity index (χ3v) is 15.3. The van der Waals surface area contributed by atoms with E-state index in [2.05, 4.69) is 5.32 Å². The summed E-state index contributed by atoms with van der Waals surface area (Å²) in [7, 11) is -6.55. The molecule has 0 aromatic heterocycles. The molecule has 3 aliphatic carbocycles. The Bertz CT molecular complexity index is 2540. The number of aliphatic hydroxyl groups excluding tert-OH is 1. The Hall–Kier alpha value is -5.17. The molecule has 2 bridgehead atoms. The fourth-order valence-corrected chi connectivity index (χ4v) is 11.7. The van der Waals surface area contributed by atoms with Gasteiger partial charge in [0.25, 0.3) is 0 Å². The van der Waals surface area contributed by atoms with E-state index in [1.54, 1.807) is 64.1 Å². The molecule has 23 heteroatoms. The highest BCUT2D eigenvalue weighted by atomic mass is 32.2. The standard InChI is InChI=1S/C50H64F3NO18S/c1-12-64-29(5)67-38(36(30-19-15-13-16-20-30)54-44(60)71-45(6,7)8)43(59)68-32-24-49(61)41(69-42(58)31-21-17-14-18-22-31)39-47(11,40(57)37(66-27(3)55)35(26(32)2)46(49,9)10)33(72-73(62,63)50(51,52)53)23-34-48(39,25-65-34)70-28(4)56/h13-22,29,32-34,36-41,57,61H,12,23-25H2,1-11H3,(H,54,60)/t29?,32-,33-,34+,36-,37+,38+,39-,40-,41-,47+,48-,49+/m0/s1. The number of amides is 1. The first kappa shape index (κ1) is 57.1. The summed E-state index contributed by atoms with van der Waals surface area (Å²) in [5, 5.41) is 29.8. The Morgan fingerprint density at radius 2 is 1.52 bits per heavy atom. The topological polar surface area (TPSA) is 255 Å². The molecule has 404 valence electrons. The van der Waals surface area contributed by atoms with E-state index in [1.165, 1.54) is 52.0 Å². The molecule has 6 rings (SSSR count). The number of hydrogen-bond donors (Lipinski definition) is 3. The molecule has 1 heterocycles. The quantitative estimate of drug-likeness (QED) is 0.0468. The van der Waals surface area contributed by atoms with Crippen LogP contribution in [0.1, 0.15) is 111 Å². The number of aliphatic hydroxyl groups is 2. The van der Waals surface area contributed by atoms with Gasteiger partial charge in [-0.3, -0.25) is 13.8 Å². The van der Waals surface area contributed by atoms with Crippen LogP contribution in [0.2, 0.25) is 0 Å². The summed E-state index contributed by atoms with van der Waals surface area (Å²) in [4.78, 5) is 69.8. The molecule has 1 aliphatic heterocycles. The van der Waals surface area contributed by atoms with E-state index in [4.69, 9.17) is 42.1 Å². The van der Waals surface area contributed by atoms with Crippen molar-refractivity contribution >= 4 is 40.1 Å². The number of carbonyl (C=O) groups excluding carboxylic acids is 5. The van der Waals surface area contributed by atoms with Crippen LogP contribution in [-0.2, 0) is 66.6 Å². The molecule has 19 nitrogen and oxygen atoms in total. The zero-order valence-electron chi connectivity index (χ0n) is 42.3. The molecule has 3 fully saturated rings. The van der Waals surface area contributed by atoms with Crippen molar-refractivity contribution in [2.75, 3.05) is 13.2 Å². The molecule has 2 aromatic carbocycles. The van der Waals surface area contributed by atoms with E-state index in [0.717, 1.165) is 20.8 Å². The number of alkyl carbamates (subject to hydrolysis) is 1. The van der Waals surface area contributed by atoms with Gasteiger partial charge in [0, 0.05) is 44.1 Å². The van der Waals surface area contributed by atoms with Crippen LogP contribution in [-0.4, -0.2) is 133 Å².